The van der Waals surface area contributed by atoms with Gasteiger partial charge in [-0.3, -0.25) is 0 Å². The van der Waals surface area contributed by atoms with E-state index in [1.54, 1.807) is 11.3 Å². The molecule has 16 heavy (non-hydrogen) atoms. The maximum absolute atomic E-state index is 4.40. The SMILES string of the molecule is CCc1cnc(CCNCc2cccs2)s1. The Hall–Kier alpha value is -0.710. The van der Waals surface area contributed by atoms with Gasteiger partial charge in [-0.05, 0) is 17.9 Å². The first-order valence-electron chi connectivity index (χ1n) is 5.55. The van der Waals surface area contributed by atoms with E-state index in [1.807, 2.05) is 17.5 Å². The van der Waals surface area contributed by atoms with Crippen molar-refractivity contribution >= 4 is 22.7 Å². The first-order valence-corrected chi connectivity index (χ1v) is 7.24. The topological polar surface area (TPSA) is 24.9 Å². The zero-order valence-electron chi connectivity index (χ0n) is 9.40. The summed E-state index contributed by atoms with van der Waals surface area (Å²) in [6.07, 6.45) is 4.13. The van der Waals surface area contributed by atoms with E-state index >= 15 is 0 Å². The number of hydrogen-bond acceptors (Lipinski definition) is 4. The Balaban J connectivity index is 1.68. The fourth-order valence-corrected chi connectivity index (χ4v) is 2.98. The van der Waals surface area contributed by atoms with E-state index in [4.69, 9.17) is 0 Å². The molecule has 0 saturated heterocycles. The van der Waals surface area contributed by atoms with E-state index in [1.165, 1.54) is 14.8 Å². The second-order valence-corrected chi connectivity index (χ2v) is 5.81. The van der Waals surface area contributed by atoms with Gasteiger partial charge in [0.2, 0.25) is 0 Å². The summed E-state index contributed by atoms with van der Waals surface area (Å²) in [5.74, 6) is 0. The maximum Gasteiger partial charge on any atom is 0.0940 e. The predicted molar refractivity (Wildman–Crippen MR) is 71.2 cm³/mol. The van der Waals surface area contributed by atoms with Crippen LogP contribution in [0, 0.1) is 0 Å². The number of nitrogens with one attached hydrogen (secondary N) is 1. The summed E-state index contributed by atoms with van der Waals surface area (Å²) in [5, 5.41) is 6.80. The Morgan fingerprint density at radius 2 is 2.31 bits per heavy atom. The standard InChI is InChI=1S/C12H16N2S2/c1-2-10-9-14-12(16-10)5-6-13-8-11-4-3-7-15-11/h3-4,7,9,13H,2,5-6,8H2,1H3. The second kappa shape index (κ2) is 6.13. The molecular formula is C12H16N2S2. The molecule has 86 valence electrons. The highest BCUT2D eigenvalue weighted by atomic mass is 32.1. The Bertz CT molecular complexity index is 406. The van der Waals surface area contributed by atoms with Gasteiger partial charge in [0.15, 0.2) is 0 Å². The number of aryl methyl sites for hydroxylation is 1. The Morgan fingerprint density at radius 1 is 1.38 bits per heavy atom. The van der Waals surface area contributed by atoms with Crippen LogP contribution >= 0.6 is 22.7 Å². The van der Waals surface area contributed by atoms with Crippen LogP contribution in [0.25, 0.3) is 0 Å². The van der Waals surface area contributed by atoms with Crippen LogP contribution in [0.3, 0.4) is 0 Å². The highest BCUT2D eigenvalue weighted by Crippen LogP contribution is 2.13. The molecule has 2 nitrogen and oxygen atoms in total. The third-order valence-corrected chi connectivity index (χ3v) is 4.42. The van der Waals surface area contributed by atoms with E-state index in [0.717, 1.165) is 25.9 Å². The number of thiazole rings is 1. The molecule has 0 saturated carbocycles. The lowest BCUT2D eigenvalue weighted by molar-refractivity contribution is 0.692. The highest BCUT2D eigenvalue weighted by Gasteiger charge is 2.00. The maximum atomic E-state index is 4.40. The monoisotopic (exact) mass is 252 g/mol. The van der Waals surface area contributed by atoms with Crippen molar-refractivity contribution in [3.8, 4) is 0 Å². The molecule has 0 atom stereocenters. The van der Waals surface area contributed by atoms with Crippen LogP contribution in [0.4, 0.5) is 0 Å². The first-order chi connectivity index (χ1) is 7.88. The Labute approximate surface area is 104 Å². The normalized spacial score (nSPS) is 10.8. The van der Waals surface area contributed by atoms with Gasteiger partial charge >= 0.3 is 0 Å². The van der Waals surface area contributed by atoms with Crippen LogP contribution in [0.1, 0.15) is 21.7 Å². The molecule has 2 aromatic rings. The van der Waals surface area contributed by atoms with E-state index in [0.29, 0.717) is 0 Å². The van der Waals surface area contributed by atoms with Crippen molar-refractivity contribution in [3.63, 3.8) is 0 Å². The van der Waals surface area contributed by atoms with Crippen LogP contribution in [-0.4, -0.2) is 11.5 Å². The molecule has 0 aliphatic rings. The quantitative estimate of drug-likeness (QED) is 0.799. The summed E-state index contributed by atoms with van der Waals surface area (Å²) in [4.78, 5) is 7.18. The van der Waals surface area contributed by atoms with E-state index in [9.17, 15) is 0 Å². The smallest absolute Gasteiger partial charge is 0.0940 e. The average Bonchev–Trinajstić information content (AvgIpc) is 2.95. The largest absolute Gasteiger partial charge is 0.311 e. The predicted octanol–water partition coefficient (Wildman–Crippen LogP) is 3.10. The lowest BCUT2D eigenvalue weighted by atomic mass is 10.4. The molecule has 2 heterocycles. The van der Waals surface area contributed by atoms with Crippen molar-refractivity contribution in [2.75, 3.05) is 6.54 Å². The van der Waals surface area contributed by atoms with Gasteiger partial charge in [-0.15, -0.1) is 22.7 Å². The zero-order valence-corrected chi connectivity index (χ0v) is 11.0. The van der Waals surface area contributed by atoms with Crippen molar-refractivity contribution in [2.45, 2.75) is 26.3 Å². The van der Waals surface area contributed by atoms with Gasteiger partial charge in [-0.1, -0.05) is 13.0 Å². The van der Waals surface area contributed by atoms with Crippen LogP contribution < -0.4 is 5.32 Å². The molecule has 0 radical (unpaired) electrons. The van der Waals surface area contributed by atoms with Gasteiger partial charge in [0.1, 0.15) is 0 Å². The van der Waals surface area contributed by atoms with E-state index in [2.05, 4.69) is 34.7 Å². The van der Waals surface area contributed by atoms with Crippen molar-refractivity contribution in [3.05, 3.63) is 38.5 Å². The Morgan fingerprint density at radius 3 is 3.00 bits per heavy atom. The van der Waals surface area contributed by atoms with E-state index in [-0.39, 0.29) is 0 Å². The van der Waals surface area contributed by atoms with Crippen molar-refractivity contribution < 1.29 is 0 Å². The van der Waals surface area contributed by atoms with Crippen LogP contribution in [-0.2, 0) is 19.4 Å². The van der Waals surface area contributed by atoms with Crippen molar-refractivity contribution in [1.82, 2.24) is 10.3 Å². The number of rotatable bonds is 6. The number of hydrogen-bond donors (Lipinski definition) is 1. The summed E-state index contributed by atoms with van der Waals surface area (Å²) in [7, 11) is 0. The Kier molecular flexibility index (Phi) is 4.51. The van der Waals surface area contributed by atoms with E-state index < -0.39 is 0 Å². The van der Waals surface area contributed by atoms with Crippen molar-refractivity contribution in [2.24, 2.45) is 0 Å². The second-order valence-electron chi connectivity index (χ2n) is 3.58. The van der Waals surface area contributed by atoms with Crippen LogP contribution in [0.2, 0.25) is 0 Å². The zero-order chi connectivity index (χ0) is 11.2. The summed E-state index contributed by atoms with van der Waals surface area (Å²) in [6, 6.07) is 4.26. The average molecular weight is 252 g/mol. The molecule has 2 aromatic heterocycles. The number of nitrogens with zero attached hydrogens (tertiary/aromatic N) is 1. The number of aromatic nitrogens is 1. The summed E-state index contributed by atoms with van der Waals surface area (Å²) < 4.78 is 0. The summed E-state index contributed by atoms with van der Waals surface area (Å²) in [5.41, 5.74) is 0. The van der Waals surface area contributed by atoms with Gasteiger partial charge in [0.05, 0.1) is 5.01 Å². The summed E-state index contributed by atoms with van der Waals surface area (Å²) in [6.45, 7) is 4.16. The molecular weight excluding hydrogens is 236 g/mol. The van der Waals surface area contributed by atoms with Gasteiger partial charge < -0.3 is 5.32 Å². The van der Waals surface area contributed by atoms with Crippen molar-refractivity contribution in [1.29, 1.82) is 0 Å². The molecule has 0 amide bonds. The van der Waals surface area contributed by atoms with Gasteiger partial charge in [0, 0.05) is 35.5 Å². The first kappa shape index (κ1) is 11.8. The molecule has 4 heteroatoms. The minimum Gasteiger partial charge on any atom is -0.311 e. The molecule has 0 bridgehead atoms. The fourth-order valence-electron chi connectivity index (χ4n) is 1.45. The molecule has 2 rings (SSSR count). The molecule has 0 unspecified atom stereocenters. The summed E-state index contributed by atoms with van der Waals surface area (Å²) >= 11 is 3.63. The highest BCUT2D eigenvalue weighted by molar-refractivity contribution is 7.11. The van der Waals surface area contributed by atoms with Crippen LogP contribution in [0.5, 0.6) is 0 Å². The third kappa shape index (κ3) is 3.40. The van der Waals surface area contributed by atoms with Crippen LogP contribution in [0.15, 0.2) is 23.7 Å². The minimum absolute atomic E-state index is 0.976. The van der Waals surface area contributed by atoms with Gasteiger partial charge in [0.25, 0.3) is 0 Å². The fraction of sp³-hybridized carbons (Fsp3) is 0.417. The minimum atomic E-state index is 0.976. The van der Waals surface area contributed by atoms with Gasteiger partial charge in [-0.2, -0.15) is 0 Å². The third-order valence-electron chi connectivity index (χ3n) is 2.34. The molecule has 0 aliphatic heterocycles. The van der Waals surface area contributed by atoms with Gasteiger partial charge in [-0.25, -0.2) is 4.98 Å². The number of thiophene rings is 1. The molecule has 0 aliphatic carbocycles. The lowest BCUT2D eigenvalue weighted by Gasteiger charge is -2.00. The molecule has 0 fully saturated rings. The molecule has 1 N–H and O–H groups in total. The molecule has 0 spiro atoms. The molecule has 0 aromatic carbocycles. The lowest BCUT2D eigenvalue weighted by Crippen LogP contribution is -2.15.